The second kappa shape index (κ2) is 6.67. The van der Waals surface area contributed by atoms with Crippen molar-refractivity contribution in [1.29, 1.82) is 0 Å². The van der Waals surface area contributed by atoms with E-state index in [1.54, 1.807) is 25.3 Å². The number of rotatable bonds is 3. The van der Waals surface area contributed by atoms with Crippen LogP contribution in [0.4, 0.5) is 0 Å². The van der Waals surface area contributed by atoms with Crippen molar-refractivity contribution in [2.45, 2.75) is 0 Å². The largest absolute Gasteiger partial charge is 0.497 e. The third kappa shape index (κ3) is 3.02. The Morgan fingerprint density at radius 2 is 1.96 bits per heavy atom. The molecule has 0 bridgehead atoms. The molecule has 0 saturated carbocycles. The van der Waals surface area contributed by atoms with Crippen molar-refractivity contribution in [2.24, 2.45) is 12.0 Å². The summed E-state index contributed by atoms with van der Waals surface area (Å²) in [6.07, 6.45) is 0. The van der Waals surface area contributed by atoms with Crippen LogP contribution in [-0.2, 0) is 7.05 Å². The Morgan fingerprint density at radius 1 is 1.17 bits per heavy atom. The molecule has 0 spiro atoms. The van der Waals surface area contributed by atoms with Crippen LogP contribution in [0.3, 0.4) is 0 Å². The summed E-state index contributed by atoms with van der Waals surface area (Å²) < 4.78 is 13.2. The molecule has 0 atom stereocenters. The van der Waals surface area contributed by atoms with Gasteiger partial charge in [0.25, 0.3) is 5.91 Å². The molecule has 3 aromatic rings. The number of hydrogen-bond donors (Lipinski definition) is 0. The lowest BCUT2D eigenvalue weighted by Gasteiger charge is -2.07. The highest BCUT2D eigenvalue weighted by atomic mass is 35.5. The van der Waals surface area contributed by atoms with E-state index >= 15 is 0 Å². The molecular weight excluding hydrogens is 348 g/mol. The van der Waals surface area contributed by atoms with Crippen molar-refractivity contribution >= 4 is 39.1 Å². The van der Waals surface area contributed by atoms with E-state index in [1.807, 2.05) is 29.8 Å². The van der Waals surface area contributed by atoms with Crippen molar-refractivity contribution < 1.29 is 14.3 Å². The highest BCUT2D eigenvalue weighted by Gasteiger charge is 2.13. The maximum Gasteiger partial charge on any atom is 0.283 e. The molecule has 0 aliphatic rings. The van der Waals surface area contributed by atoms with Crippen molar-refractivity contribution in [2.75, 3.05) is 14.2 Å². The Kier molecular flexibility index (Phi) is 4.59. The molecule has 0 radical (unpaired) electrons. The van der Waals surface area contributed by atoms with Gasteiger partial charge in [0.1, 0.15) is 11.5 Å². The fourth-order valence-electron chi connectivity index (χ4n) is 2.34. The molecule has 0 N–H and O–H groups in total. The van der Waals surface area contributed by atoms with E-state index in [1.165, 1.54) is 18.4 Å². The lowest BCUT2D eigenvalue weighted by Crippen LogP contribution is -2.13. The summed E-state index contributed by atoms with van der Waals surface area (Å²) in [5, 5.41) is 0.652. The van der Waals surface area contributed by atoms with Crippen LogP contribution >= 0.6 is 22.9 Å². The van der Waals surface area contributed by atoms with Gasteiger partial charge in [-0.05, 0) is 30.3 Å². The maximum absolute atomic E-state index is 12.6. The second-order valence-corrected chi connectivity index (χ2v) is 6.48. The van der Waals surface area contributed by atoms with E-state index in [0.29, 0.717) is 26.9 Å². The average Bonchev–Trinajstić information content (AvgIpc) is 2.89. The number of amides is 1. The Labute approximate surface area is 147 Å². The van der Waals surface area contributed by atoms with Crippen LogP contribution in [0.1, 0.15) is 10.4 Å². The van der Waals surface area contributed by atoms with Gasteiger partial charge in [-0.2, -0.15) is 4.99 Å². The van der Waals surface area contributed by atoms with Crippen LogP contribution in [0.25, 0.3) is 10.2 Å². The summed E-state index contributed by atoms with van der Waals surface area (Å²) >= 11 is 7.43. The molecule has 0 aliphatic carbocycles. The van der Waals surface area contributed by atoms with Gasteiger partial charge in [0, 0.05) is 18.1 Å². The van der Waals surface area contributed by atoms with Gasteiger partial charge in [-0.15, -0.1) is 0 Å². The number of nitrogens with zero attached hydrogens (tertiary/aromatic N) is 2. The Hall–Kier alpha value is -2.31. The van der Waals surface area contributed by atoms with E-state index in [4.69, 9.17) is 21.1 Å². The lowest BCUT2D eigenvalue weighted by molar-refractivity contribution is 0.0995. The summed E-state index contributed by atoms with van der Waals surface area (Å²) in [7, 11) is 4.93. The number of carbonyl (C=O) groups is 1. The van der Waals surface area contributed by atoms with Crippen LogP contribution in [0, 0.1) is 0 Å². The summed E-state index contributed by atoms with van der Waals surface area (Å²) in [5.74, 6) is 0.670. The average molecular weight is 363 g/mol. The van der Waals surface area contributed by atoms with Crippen LogP contribution in [0.2, 0.25) is 5.02 Å². The summed E-state index contributed by atoms with van der Waals surface area (Å²) in [5.41, 5.74) is 1.35. The van der Waals surface area contributed by atoms with Crippen LogP contribution in [-0.4, -0.2) is 24.7 Å². The van der Waals surface area contributed by atoms with E-state index in [-0.39, 0.29) is 5.91 Å². The summed E-state index contributed by atoms with van der Waals surface area (Å²) in [4.78, 5) is 17.4. The van der Waals surface area contributed by atoms with Gasteiger partial charge < -0.3 is 14.0 Å². The smallest absolute Gasteiger partial charge is 0.283 e. The number of ether oxygens (including phenoxy) is 2. The predicted octanol–water partition coefficient (Wildman–Crippen LogP) is 3.65. The predicted molar refractivity (Wildman–Crippen MR) is 95.2 cm³/mol. The Bertz CT molecular complexity index is 991. The molecule has 7 heteroatoms. The Balaban J connectivity index is 2.09. The molecule has 24 heavy (non-hydrogen) atoms. The van der Waals surface area contributed by atoms with Crippen LogP contribution in [0.15, 0.2) is 41.4 Å². The quantitative estimate of drug-likeness (QED) is 0.714. The van der Waals surface area contributed by atoms with Crippen molar-refractivity contribution in [3.8, 4) is 11.5 Å². The molecule has 0 saturated heterocycles. The minimum atomic E-state index is -0.372. The minimum absolute atomic E-state index is 0.372. The fourth-order valence-corrected chi connectivity index (χ4v) is 3.63. The first-order valence-electron chi connectivity index (χ1n) is 7.09. The number of thiazole rings is 1. The van der Waals surface area contributed by atoms with E-state index in [2.05, 4.69) is 4.99 Å². The van der Waals surface area contributed by atoms with Crippen molar-refractivity contribution in [3.05, 3.63) is 51.8 Å². The Morgan fingerprint density at radius 3 is 2.67 bits per heavy atom. The topological polar surface area (TPSA) is 52.8 Å². The third-order valence-electron chi connectivity index (χ3n) is 3.61. The molecule has 1 aromatic heterocycles. The summed E-state index contributed by atoms with van der Waals surface area (Å²) in [6, 6.07) is 10.6. The summed E-state index contributed by atoms with van der Waals surface area (Å²) in [6.45, 7) is 0. The van der Waals surface area contributed by atoms with Crippen molar-refractivity contribution in [1.82, 2.24) is 4.57 Å². The SMILES string of the molecule is COc1ccc(C(=O)N=c2sc3cc(Cl)ccc3n2C)c(OC)c1. The molecule has 1 amide bonds. The van der Waals surface area contributed by atoms with Gasteiger partial charge >= 0.3 is 0 Å². The highest BCUT2D eigenvalue weighted by molar-refractivity contribution is 7.16. The number of aryl methyl sites for hydroxylation is 1. The molecular formula is C17H15ClN2O3S. The molecule has 1 heterocycles. The second-order valence-electron chi connectivity index (χ2n) is 5.04. The van der Waals surface area contributed by atoms with Crippen molar-refractivity contribution in [3.63, 3.8) is 0 Å². The van der Waals surface area contributed by atoms with Crippen LogP contribution in [0.5, 0.6) is 11.5 Å². The fraction of sp³-hybridized carbons (Fsp3) is 0.176. The minimum Gasteiger partial charge on any atom is -0.497 e. The van der Waals surface area contributed by atoms with E-state index in [9.17, 15) is 4.79 Å². The standard InChI is InChI=1S/C17H15ClN2O3S/c1-20-13-7-4-10(18)8-15(13)24-17(20)19-16(21)12-6-5-11(22-2)9-14(12)23-3/h4-9H,1-3H3. The molecule has 3 rings (SSSR count). The molecule has 0 unspecified atom stereocenters. The number of carbonyl (C=O) groups excluding carboxylic acids is 1. The van der Waals surface area contributed by atoms with Crippen LogP contribution < -0.4 is 14.3 Å². The van der Waals surface area contributed by atoms with Gasteiger partial charge in [-0.1, -0.05) is 22.9 Å². The maximum atomic E-state index is 12.6. The van der Waals surface area contributed by atoms with Gasteiger partial charge in [-0.25, -0.2) is 0 Å². The number of aromatic nitrogens is 1. The molecule has 0 fully saturated rings. The number of hydrogen-bond acceptors (Lipinski definition) is 4. The first-order valence-corrected chi connectivity index (χ1v) is 8.29. The van der Waals surface area contributed by atoms with Gasteiger partial charge in [0.05, 0.1) is 30.0 Å². The number of halogens is 1. The number of benzene rings is 2. The first kappa shape index (κ1) is 16.5. The molecule has 5 nitrogen and oxygen atoms in total. The third-order valence-corrected chi connectivity index (χ3v) is 4.94. The van der Waals surface area contributed by atoms with Gasteiger partial charge in [0.15, 0.2) is 4.80 Å². The number of methoxy groups -OCH3 is 2. The molecule has 124 valence electrons. The molecule has 2 aromatic carbocycles. The normalized spacial score (nSPS) is 11.8. The lowest BCUT2D eigenvalue weighted by atomic mass is 10.2. The zero-order chi connectivity index (χ0) is 17.3. The first-order chi connectivity index (χ1) is 11.5. The van der Waals surface area contributed by atoms with Gasteiger partial charge in [0.2, 0.25) is 0 Å². The molecule has 0 aliphatic heterocycles. The zero-order valence-corrected chi connectivity index (χ0v) is 14.9. The van der Waals surface area contributed by atoms with E-state index < -0.39 is 0 Å². The monoisotopic (exact) mass is 362 g/mol. The zero-order valence-electron chi connectivity index (χ0n) is 13.4. The number of fused-ring (bicyclic) bond motifs is 1. The highest BCUT2D eigenvalue weighted by Crippen LogP contribution is 2.25. The van der Waals surface area contributed by atoms with E-state index in [0.717, 1.165) is 10.2 Å². The van der Waals surface area contributed by atoms with Gasteiger partial charge in [-0.3, -0.25) is 4.79 Å².